The molecule has 108 valence electrons. The molecule has 0 atom stereocenters. The van der Waals surface area contributed by atoms with Crippen molar-refractivity contribution < 1.29 is 0 Å². The summed E-state index contributed by atoms with van der Waals surface area (Å²) in [6.07, 6.45) is 2.22. The van der Waals surface area contributed by atoms with E-state index in [0.717, 1.165) is 8.95 Å². The van der Waals surface area contributed by atoms with Crippen molar-refractivity contribution in [1.29, 1.82) is 0 Å². The first-order valence-electron chi connectivity index (χ1n) is 7.02. The summed E-state index contributed by atoms with van der Waals surface area (Å²) < 4.78 is 2.13. The fourth-order valence-electron chi connectivity index (χ4n) is 2.36. The molecule has 0 aromatic heterocycles. The maximum Gasteiger partial charge on any atom is 0.0396 e. The van der Waals surface area contributed by atoms with Crippen molar-refractivity contribution in [2.45, 2.75) is 0 Å². The second-order valence-corrected chi connectivity index (χ2v) is 6.58. The minimum Gasteiger partial charge on any atom is -0.0622 e. The Morgan fingerprint density at radius 1 is 0.682 bits per heavy atom. The van der Waals surface area contributed by atoms with Gasteiger partial charge in [-0.2, -0.15) is 0 Å². The van der Waals surface area contributed by atoms with Gasteiger partial charge in [0.15, 0.2) is 0 Å². The minimum atomic E-state index is 1.06. The summed E-state index contributed by atoms with van der Waals surface area (Å²) in [5.74, 6) is 0. The molecule has 0 nitrogen and oxygen atoms in total. The monoisotopic (exact) mass is 412 g/mol. The molecule has 0 amide bonds. The molecule has 22 heavy (non-hydrogen) atoms. The Balaban J connectivity index is 2.20. The molecule has 0 heterocycles. The lowest BCUT2D eigenvalue weighted by molar-refractivity contribution is 1.49. The number of halogens is 2. The molecule has 0 saturated carbocycles. The van der Waals surface area contributed by atoms with Gasteiger partial charge in [0.05, 0.1) is 0 Å². The summed E-state index contributed by atoms with van der Waals surface area (Å²) in [4.78, 5) is 0. The Kier molecular flexibility index (Phi) is 4.91. The lowest BCUT2D eigenvalue weighted by Crippen LogP contribution is -1.90. The predicted octanol–water partition coefficient (Wildman–Crippen LogP) is 6.80. The smallest absolute Gasteiger partial charge is 0.0396 e. The van der Waals surface area contributed by atoms with Crippen LogP contribution in [0.4, 0.5) is 0 Å². The van der Waals surface area contributed by atoms with Gasteiger partial charge in [0.25, 0.3) is 0 Å². The van der Waals surface area contributed by atoms with Crippen molar-refractivity contribution in [1.82, 2.24) is 0 Å². The first-order chi connectivity index (χ1) is 10.8. The highest BCUT2D eigenvalue weighted by Gasteiger charge is 2.10. The molecule has 0 fully saturated rings. The van der Waals surface area contributed by atoms with Crippen molar-refractivity contribution >= 4 is 43.5 Å². The number of rotatable bonds is 3. The van der Waals surface area contributed by atoms with Crippen LogP contribution in [0, 0.1) is 0 Å². The topological polar surface area (TPSA) is 0 Å². The normalized spacial score (nSPS) is 11.5. The van der Waals surface area contributed by atoms with Crippen LogP contribution in [-0.2, 0) is 0 Å². The molecule has 0 spiro atoms. The SMILES string of the molecule is Brc1cccc(C(=Cc2ccccc2)c2ccccc2)c1Br. The van der Waals surface area contributed by atoms with E-state index in [1.54, 1.807) is 0 Å². The Hall–Kier alpha value is -1.64. The Labute approximate surface area is 147 Å². The summed E-state index contributed by atoms with van der Waals surface area (Å²) in [5.41, 5.74) is 4.75. The van der Waals surface area contributed by atoms with Gasteiger partial charge in [-0.05, 0) is 66.3 Å². The lowest BCUT2D eigenvalue weighted by atomic mass is 9.96. The van der Waals surface area contributed by atoms with Gasteiger partial charge in [-0.3, -0.25) is 0 Å². The molecule has 3 rings (SSSR count). The van der Waals surface area contributed by atoms with Crippen LogP contribution in [0.5, 0.6) is 0 Å². The standard InChI is InChI=1S/C20H14Br2/c21-19-13-7-12-17(20(19)22)18(16-10-5-2-6-11-16)14-15-8-3-1-4-9-15/h1-14H. The van der Waals surface area contributed by atoms with E-state index in [2.05, 4.69) is 98.6 Å². The zero-order valence-electron chi connectivity index (χ0n) is 11.8. The molecule has 0 bridgehead atoms. The van der Waals surface area contributed by atoms with Crippen LogP contribution in [0.3, 0.4) is 0 Å². The largest absolute Gasteiger partial charge is 0.0622 e. The van der Waals surface area contributed by atoms with E-state index < -0.39 is 0 Å². The molecule has 0 aliphatic carbocycles. The van der Waals surface area contributed by atoms with E-state index in [0.29, 0.717) is 0 Å². The molecule has 0 unspecified atom stereocenters. The van der Waals surface area contributed by atoms with Gasteiger partial charge in [0.2, 0.25) is 0 Å². The lowest BCUT2D eigenvalue weighted by Gasteiger charge is -2.12. The van der Waals surface area contributed by atoms with Crippen LogP contribution in [0.15, 0.2) is 87.8 Å². The molecule has 0 saturated heterocycles. The first-order valence-corrected chi connectivity index (χ1v) is 8.61. The van der Waals surface area contributed by atoms with Crippen LogP contribution >= 0.6 is 31.9 Å². The van der Waals surface area contributed by atoms with Crippen LogP contribution < -0.4 is 0 Å². The van der Waals surface area contributed by atoms with Gasteiger partial charge >= 0.3 is 0 Å². The van der Waals surface area contributed by atoms with Crippen LogP contribution in [0.2, 0.25) is 0 Å². The van der Waals surface area contributed by atoms with Gasteiger partial charge < -0.3 is 0 Å². The van der Waals surface area contributed by atoms with Crippen molar-refractivity contribution in [3.8, 4) is 0 Å². The zero-order chi connectivity index (χ0) is 15.4. The van der Waals surface area contributed by atoms with E-state index in [1.165, 1.54) is 22.3 Å². The second-order valence-electron chi connectivity index (χ2n) is 4.94. The molecule has 2 heteroatoms. The molecule has 3 aromatic carbocycles. The average Bonchev–Trinajstić information content (AvgIpc) is 2.57. The number of benzene rings is 3. The first kappa shape index (κ1) is 15.3. The van der Waals surface area contributed by atoms with E-state index in [9.17, 15) is 0 Å². The van der Waals surface area contributed by atoms with Crippen LogP contribution in [0.25, 0.3) is 11.6 Å². The fourth-order valence-corrected chi connectivity index (χ4v) is 3.21. The van der Waals surface area contributed by atoms with Crippen LogP contribution in [0.1, 0.15) is 16.7 Å². The minimum absolute atomic E-state index is 1.06. The van der Waals surface area contributed by atoms with Gasteiger partial charge in [0.1, 0.15) is 0 Å². The van der Waals surface area contributed by atoms with Crippen LogP contribution in [-0.4, -0.2) is 0 Å². The Morgan fingerprint density at radius 2 is 1.32 bits per heavy atom. The van der Waals surface area contributed by atoms with Crippen molar-refractivity contribution in [3.63, 3.8) is 0 Å². The van der Waals surface area contributed by atoms with E-state index in [4.69, 9.17) is 0 Å². The van der Waals surface area contributed by atoms with Crippen molar-refractivity contribution in [3.05, 3.63) is 104 Å². The molecule has 0 aliphatic heterocycles. The molecule has 0 aliphatic rings. The van der Waals surface area contributed by atoms with Gasteiger partial charge in [-0.15, -0.1) is 0 Å². The van der Waals surface area contributed by atoms with Crippen molar-refractivity contribution in [2.75, 3.05) is 0 Å². The summed E-state index contributed by atoms with van der Waals surface area (Å²) in [5, 5.41) is 0. The maximum atomic E-state index is 3.70. The third-order valence-corrected chi connectivity index (χ3v) is 5.48. The summed E-state index contributed by atoms with van der Waals surface area (Å²) in [7, 11) is 0. The van der Waals surface area contributed by atoms with E-state index in [1.807, 2.05) is 18.2 Å². The van der Waals surface area contributed by atoms with Gasteiger partial charge in [-0.25, -0.2) is 0 Å². The van der Waals surface area contributed by atoms with Gasteiger partial charge in [0, 0.05) is 8.95 Å². The fraction of sp³-hybridized carbons (Fsp3) is 0. The van der Waals surface area contributed by atoms with E-state index >= 15 is 0 Å². The molecule has 3 aromatic rings. The number of hydrogen-bond donors (Lipinski definition) is 0. The highest BCUT2D eigenvalue weighted by Crippen LogP contribution is 2.35. The summed E-state index contributed by atoms with van der Waals surface area (Å²) in [6, 6.07) is 27.1. The summed E-state index contributed by atoms with van der Waals surface area (Å²) in [6.45, 7) is 0. The predicted molar refractivity (Wildman–Crippen MR) is 102 cm³/mol. The highest BCUT2D eigenvalue weighted by atomic mass is 79.9. The average molecular weight is 414 g/mol. The zero-order valence-corrected chi connectivity index (χ0v) is 15.0. The molecule has 0 radical (unpaired) electrons. The second kappa shape index (κ2) is 7.08. The third-order valence-electron chi connectivity index (χ3n) is 3.44. The third kappa shape index (κ3) is 3.40. The maximum absolute atomic E-state index is 3.70. The summed E-state index contributed by atoms with van der Waals surface area (Å²) >= 11 is 7.30. The Bertz CT molecular complexity index is 790. The quantitative estimate of drug-likeness (QED) is 0.414. The molecular weight excluding hydrogens is 400 g/mol. The van der Waals surface area contributed by atoms with Crippen molar-refractivity contribution in [2.24, 2.45) is 0 Å². The molecular formula is C20H14Br2. The Morgan fingerprint density at radius 3 is 2.00 bits per heavy atom. The van der Waals surface area contributed by atoms with E-state index in [-0.39, 0.29) is 0 Å². The molecule has 0 N–H and O–H groups in total. The number of hydrogen-bond acceptors (Lipinski definition) is 0. The van der Waals surface area contributed by atoms with Gasteiger partial charge in [-0.1, -0.05) is 72.8 Å². The highest BCUT2D eigenvalue weighted by molar-refractivity contribution is 9.13.